The number of amides is 1. The molecule has 0 unspecified atom stereocenters. The van der Waals surface area contributed by atoms with E-state index in [2.05, 4.69) is 21.6 Å². The molecule has 114 valence electrons. The van der Waals surface area contributed by atoms with Crippen molar-refractivity contribution >= 4 is 28.6 Å². The van der Waals surface area contributed by atoms with Gasteiger partial charge in [-0.15, -0.1) is 21.5 Å². The molecule has 22 heavy (non-hydrogen) atoms. The highest BCUT2D eigenvalue weighted by molar-refractivity contribution is 7.09. The lowest BCUT2D eigenvalue weighted by atomic mass is 10.3. The predicted octanol–water partition coefficient (Wildman–Crippen LogP) is 3.15. The van der Waals surface area contributed by atoms with E-state index in [-0.39, 0.29) is 5.91 Å². The van der Waals surface area contributed by atoms with Gasteiger partial charge in [-0.1, -0.05) is 6.07 Å². The van der Waals surface area contributed by atoms with Crippen LogP contribution in [-0.2, 0) is 17.6 Å². The average Bonchev–Trinajstić information content (AvgIpc) is 3.26. The van der Waals surface area contributed by atoms with Crippen LogP contribution in [0.25, 0.3) is 11.5 Å². The zero-order valence-electron chi connectivity index (χ0n) is 11.8. The van der Waals surface area contributed by atoms with Crippen molar-refractivity contribution in [3.8, 4) is 11.5 Å². The second-order valence-electron chi connectivity index (χ2n) is 4.69. The zero-order valence-corrected chi connectivity index (χ0v) is 13.5. The molecule has 0 aliphatic rings. The molecule has 1 N–H and O–H groups in total. The molecule has 0 atom stereocenters. The van der Waals surface area contributed by atoms with Gasteiger partial charge in [0.25, 0.3) is 0 Å². The Hall–Kier alpha value is -1.99. The second kappa shape index (κ2) is 7.33. The Balaban J connectivity index is 1.41. The summed E-state index contributed by atoms with van der Waals surface area (Å²) in [5, 5.41) is 16.8. The molecule has 3 heterocycles. The number of aromatic nitrogens is 2. The lowest BCUT2D eigenvalue weighted by Gasteiger charge is -2.02. The standard InChI is InChI=1S/C15H15N3O2S2/c19-13(16-7-5-12-2-1-8-22-12)3-4-14-17-18-15(20-14)11-6-9-21-10-11/h1-2,6,8-10H,3-5,7H2,(H,16,19). The third-order valence-electron chi connectivity index (χ3n) is 3.07. The van der Waals surface area contributed by atoms with Crippen LogP contribution in [0.4, 0.5) is 0 Å². The van der Waals surface area contributed by atoms with Gasteiger partial charge < -0.3 is 9.73 Å². The molecule has 0 saturated carbocycles. The molecular formula is C15H15N3O2S2. The first-order chi connectivity index (χ1) is 10.8. The fourth-order valence-electron chi connectivity index (χ4n) is 1.95. The summed E-state index contributed by atoms with van der Waals surface area (Å²) >= 11 is 3.28. The minimum absolute atomic E-state index is 0.00633. The highest BCUT2D eigenvalue weighted by Crippen LogP contribution is 2.20. The summed E-state index contributed by atoms with van der Waals surface area (Å²) in [6, 6.07) is 6.02. The van der Waals surface area contributed by atoms with E-state index in [1.54, 1.807) is 22.7 Å². The smallest absolute Gasteiger partial charge is 0.248 e. The molecule has 3 aromatic rings. The lowest BCUT2D eigenvalue weighted by molar-refractivity contribution is -0.121. The van der Waals surface area contributed by atoms with Crippen LogP contribution in [0.1, 0.15) is 17.2 Å². The van der Waals surface area contributed by atoms with Crippen LogP contribution >= 0.6 is 22.7 Å². The minimum Gasteiger partial charge on any atom is -0.421 e. The van der Waals surface area contributed by atoms with Gasteiger partial charge >= 0.3 is 0 Å². The topological polar surface area (TPSA) is 68.0 Å². The molecule has 5 nitrogen and oxygen atoms in total. The fraction of sp³-hybridized carbons (Fsp3) is 0.267. The Morgan fingerprint density at radius 2 is 2.18 bits per heavy atom. The highest BCUT2D eigenvalue weighted by atomic mass is 32.1. The van der Waals surface area contributed by atoms with Gasteiger partial charge in [-0.3, -0.25) is 4.79 Å². The van der Waals surface area contributed by atoms with Crippen molar-refractivity contribution < 1.29 is 9.21 Å². The van der Waals surface area contributed by atoms with Crippen LogP contribution in [0.2, 0.25) is 0 Å². The van der Waals surface area contributed by atoms with Gasteiger partial charge in [0.05, 0.1) is 0 Å². The normalized spacial score (nSPS) is 10.7. The van der Waals surface area contributed by atoms with Gasteiger partial charge in [-0.25, -0.2) is 0 Å². The van der Waals surface area contributed by atoms with Crippen LogP contribution in [-0.4, -0.2) is 22.6 Å². The molecule has 0 radical (unpaired) electrons. The van der Waals surface area contributed by atoms with Crippen LogP contribution in [0, 0.1) is 0 Å². The van der Waals surface area contributed by atoms with Crippen molar-refractivity contribution in [3.63, 3.8) is 0 Å². The number of hydrogen-bond acceptors (Lipinski definition) is 6. The summed E-state index contributed by atoms with van der Waals surface area (Å²) in [6.45, 7) is 0.656. The summed E-state index contributed by atoms with van der Waals surface area (Å²) in [5.41, 5.74) is 0.921. The number of carbonyl (C=O) groups is 1. The third-order valence-corrected chi connectivity index (χ3v) is 4.69. The van der Waals surface area contributed by atoms with Gasteiger partial charge in [0, 0.05) is 35.2 Å². The van der Waals surface area contributed by atoms with E-state index in [0.717, 1.165) is 12.0 Å². The van der Waals surface area contributed by atoms with Gasteiger partial charge in [-0.05, 0) is 29.3 Å². The maximum atomic E-state index is 11.8. The monoisotopic (exact) mass is 333 g/mol. The molecule has 3 aromatic heterocycles. The molecule has 3 rings (SSSR count). The number of nitrogens with one attached hydrogen (secondary N) is 1. The summed E-state index contributed by atoms with van der Waals surface area (Å²) < 4.78 is 5.55. The quantitative estimate of drug-likeness (QED) is 0.721. The van der Waals surface area contributed by atoms with E-state index >= 15 is 0 Å². The van der Waals surface area contributed by atoms with Crippen LogP contribution < -0.4 is 5.32 Å². The highest BCUT2D eigenvalue weighted by Gasteiger charge is 2.10. The summed E-state index contributed by atoms with van der Waals surface area (Å²) in [4.78, 5) is 13.1. The lowest BCUT2D eigenvalue weighted by Crippen LogP contribution is -2.25. The number of carbonyl (C=O) groups excluding carboxylic acids is 1. The van der Waals surface area contributed by atoms with E-state index in [0.29, 0.717) is 31.2 Å². The minimum atomic E-state index is 0.00633. The van der Waals surface area contributed by atoms with E-state index < -0.39 is 0 Å². The summed E-state index contributed by atoms with van der Waals surface area (Å²) in [6.07, 6.45) is 1.68. The van der Waals surface area contributed by atoms with Crippen molar-refractivity contribution in [1.29, 1.82) is 0 Å². The maximum Gasteiger partial charge on any atom is 0.248 e. The van der Waals surface area contributed by atoms with Crippen molar-refractivity contribution in [2.75, 3.05) is 6.54 Å². The number of rotatable bonds is 7. The van der Waals surface area contributed by atoms with E-state index in [9.17, 15) is 4.79 Å². The summed E-state index contributed by atoms with van der Waals surface area (Å²) in [7, 11) is 0. The Morgan fingerprint density at radius 3 is 2.95 bits per heavy atom. The van der Waals surface area contributed by atoms with Crippen LogP contribution in [0.5, 0.6) is 0 Å². The van der Waals surface area contributed by atoms with Gasteiger partial charge in [0.2, 0.25) is 17.7 Å². The largest absolute Gasteiger partial charge is 0.421 e. The molecule has 1 amide bonds. The fourth-order valence-corrected chi connectivity index (χ4v) is 3.28. The van der Waals surface area contributed by atoms with Crippen molar-refractivity contribution in [2.24, 2.45) is 0 Å². The number of aryl methyl sites for hydroxylation is 1. The molecule has 0 aliphatic carbocycles. The van der Waals surface area contributed by atoms with Crippen molar-refractivity contribution in [2.45, 2.75) is 19.3 Å². The first-order valence-electron chi connectivity index (χ1n) is 6.95. The number of nitrogens with zero attached hydrogens (tertiary/aromatic N) is 2. The SMILES string of the molecule is O=C(CCc1nnc(-c2ccsc2)o1)NCCc1cccs1. The molecule has 0 saturated heterocycles. The Labute approximate surface area is 136 Å². The molecule has 0 spiro atoms. The molecule has 7 heteroatoms. The number of hydrogen-bond donors (Lipinski definition) is 1. The van der Waals surface area contributed by atoms with Crippen molar-refractivity contribution in [3.05, 3.63) is 45.1 Å². The Morgan fingerprint density at radius 1 is 1.23 bits per heavy atom. The number of thiophene rings is 2. The first-order valence-corrected chi connectivity index (χ1v) is 8.77. The van der Waals surface area contributed by atoms with Crippen LogP contribution in [0.15, 0.2) is 38.8 Å². The summed E-state index contributed by atoms with van der Waals surface area (Å²) in [5.74, 6) is 1.01. The molecular weight excluding hydrogens is 318 g/mol. The van der Waals surface area contributed by atoms with Gasteiger partial charge in [0.15, 0.2) is 0 Å². The molecule has 0 fully saturated rings. The van der Waals surface area contributed by atoms with E-state index in [4.69, 9.17) is 4.42 Å². The molecule has 0 aliphatic heterocycles. The van der Waals surface area contributed by atoms with Crippen molar-refractivity contribution in [1.82, 2.24) is 15.5 Å². The Kier molecular flexibility index (Phi) is 4.97. The zero-order chi connectivity index (χ0) is 15.2. The maximum absolute atomic E-state index is 11.8. The van der Waals surface area contributed by atoms with E-state index in [1.807, 2.05) is 28.3 Å². The van der Waals surface area contributed by atoms with Gasteiger partial charge in [-0.2, -0.15) is 11.3 Å². The van der Waals surface area contributed by atoms with Gasteiger partial charge in [0.1, 0.15) is 0 Å². The van der Waals surface area contributed by atoms with Crippen LogP contribution in [0.3, 0.4) is 0 Å². The first kappa shape index (κ1) is 14.9. The Bertz CT molecular complexity index is 705. The molecule has 0 bridgehead atoms. The second-order valence-corrected chi connectivity index (χ2v) is 6.50. The third kappa shape index (κ3) is 4.02. The van der Waals surface area contributed by atoms with E-state index in [1.165, 1.54) is 4.88 Å². The molecule has 0 aromatic carbocycles. The average molecular weight is 333 g/mol. The predicted molar refractivity (Wildman–Crippen MR) is 87.0 cm³/mol.